The van der Waals surface area contributed by atoms with E-state index in [0.29, 0.717) is 11.5 Å². The molecule has 0 fully saturated rings. The van der Waals surface area contributed by atoms with Gasteiger partial charge in [-0.1, -0.05) is 29.3 Å². The topological polar surface area (TPSA) is 66.9 Å². The van der Waals surface area contributed by atoms with Crippen molar-refractivity contribution in [3.8, 4) is 0 Å². The molecule has 0 unspecified atom stereocenters. The molecule has 1 aromatic carbocycles. The van der Waals surface area contributed by atoms with Crippen LogP contribution in [0.3, 0.4) is 0 Å². The van der Waals surface area contributed by atoms with Gasteiger partial charge < -0.3 is 10.6 Å². The minimum Gasteiger partial charge on any atom is -0.370 e. The molecule has 1 aromatic heterocycles. The number of hydrogen-bond acceptors (Lipinski definition) is 4. The summed E-state index contributed by atoms with van der Waals surface area (Å²) < 4.78 is 0. The standard InChI is InChI=1S/C20H24N4O/c1-15-7-9-17(10-8-15)24-20(25)18-13-19(23-14-22-18)21-12-11-16-5-3-2-4-6-16/h5,7-10,13-14H,2-4,6,11-12H2,1H3,(H,24,25)(H,21,22,23). The average Bonchev–Trinajstić information content (AvgIpc) is 2.65. The maximum absolute atomic E-state index is 12.3. The zero-order valence-corrected chi connectivity index (χ0v) is 14.6. The molecule has 5 heteroatoms. The van der Waals surface area contributed by atoms with Gasteiger partial charge in [-0.25, -0.2) is 9.97 Å². The lowest BCUT2D eigenvalue weighted by atomic mass is 9.97. The maximum Gasteiger partial charge on any atom is 0.274 e. The summed E-state index contributed by atoms with van der Waals surface area (Å²) in [7, 11) is 0. The van der Waals surface area contributed by atoms with Gasteiger partial charge in [0.1, 0.15) is 17.8 Å². The Hall–Kier alpha value is -2.69. The van der Waals surface area contributed by atoms with Gasteiger partial charge in [-0.05, 0) is 51.2 Å². The Labute approximate surface area is 148 Å². The number of nitrogens with one attached hydrogen (secondary N) is 2. The van der Waals surface area contributed by atoms with Crippen LogP contribution in [0.4, 0.5) is 11.5 Å². The normalized spacial score (nSPS) is 13.9. The molecule has 0 atom stereocenters. The second-order valence-electron chi connectivity index (χ2n) is 6.39. The van der Waals surface area contributed by atoms with Gasteiger partial charge in [-0.2, -0.15) is 0 Å². The number of carbonyl (C=O) groups excluding carboxylic acids is 1. The van der Waals surface area contributed by atoms with E-state index in [1.165, 1.54) is 37.6 Å². The third-order valence-corrected chi connectivity index (χ3v) is 4.35. The smallest absolute Gasteiger partial charge is 0.274 e. The molecule has 0 aliphatic heterocycles. The molecule has 2 N–H and O–H groups in total. The van der Waals surface area contributed by atoms with Crippen molar-refractivity contribution in [2.45, 2.75) is 39.0 Å². The number of nitrogens with zero attached hydrogens (tertiary/aromatic N) is 2. The first-order valence-electron chi connectivity index (χ1n) is 8.82. The second kappa shape index (κ2) is 8.42. The first-order valence-corrected chi connectivity index (χ1v) is 8.82. The van der Waals surface area contributed by atoms with E-state index in [1.807, 2.05) is 31.2 Å². The van der Waals surface area contributed by atoms with Crippen molar-refractivity contribution in [2.75, 3.05) is 17.2 Å². The molecule has 1 aliphatic carbocycles. The van der Waals surface area contributed by atoms with E-state index >= 15 is 0 Å². The molecule has 0 saturated heterocycles. The molecular formula is C20H24N4O. The molecule has 0 bridgehead atoms. The molecule has 0 radical (unpaired) electrons. The van der Waals surface area contributed by atoms with E-state index in [9.17, 15) is 4.79 Å². The lowest BCUT2D eigenvalue weighted by Crippen LogP contribution is -2.15. The molecular weight excluding hydrogens is 312 g/mol. The number of aryl methyl sites for hydroxylation is 1. The molecule has 0 spiro atoms. The van der Waals surface area contributed by atoms with Gasteiger partial charge in [0.05, 0.1) is 0 Å². The minimum atomic E-state index is -0.232. The van der Waals surface area contributed by atoms with Crippen molar-refractivity contribution in [1.82, 2.24) is 9.97 Å². The monoisotopic (exact) mass is 336 g/mol. The first kappa shape index (κ1) is 17.1. The largest absolute Gasteiger partial charge is 0.370 e. The van der Waals surface area contributed by atoms with E-state index in [4.69, 9.17) is 0 Å². The van der Waals surface area contributed by atoms with Crippen molar-refractivity contribution < 1.29 is 4.79 Å². The zero-order valence-electron chi connectivity index (χ0n) is 14.6. The minimum absolute atomic E-state index is 0.232. The van der Waals surface area contributed by atoms with E-state index < -0.39 is 0 Å². The van der Waals surface area contributed by atoms with Crippen LogP contribution < -0.4 is 10.6 Å². The van der Waals surface area contributed by atoms with Crippen molar-refractivity contribution >= 4 is 17.4 Å². The Morgan fingerprint density at radius 1 is 1.16 bits per heavy atom. The highest BCUT2D eigenvalue weighted by Gasteiger charge is 2.09. The first-order chi connectivity index (χ1) is 12.2. The summed E-state index contributed by atoms with van der Waals surface area (Å²) in [6.07, 6.45) is 9.81. The SMILES string of the molecule is Cc1ccc(NC(=O)c2cc(NCCC3=CCCCC3)ncn2)cc1. The number of carbonyl (C=O) groups is 1. The lowest BCUT2D eigenvalue weighted by Gasteiger charge is -2.13. The molecule has 0 saturated carbocycles. The number of allylic oxidation sites excluding steroid dienone is 1. The molecule has 5 nitrogen and oxygen atoms in total. The number of amides is 1. The Morgan fingerprint density at radius 2 is 2.00 bits per heavy atom. The van der Waals surface area contributed by atoms with Gasteiger partial charge in [-0.15, -0.1) is 0 Å². The molecule has 3 rings (SSSR count). The van der Waals surface area contributed by atoms with Crippen LogP contribution in [-0.2, 0) is 0 Å². The van der Waals surface area contributed by atoms with Gasteiger partial charge in [0.25, 0.3) is 5.91 Å². The van der Waals surface area contributed by atoms with Crippen molar-refractivity contribution in [1.29, 1.82) is 0 Å². The Morgan fingerprint density at radius 3 is 2.76 bits per heavy atom. The van der Waals surface area contributed by atoms with Gasteiger partial charge in [0.15, 0.2) is 0 Å². The number of rotatable bonds is 6. The summed E-state index contributed by atoms with van der Waals surface area (Å²) in [5.74, 6) is 0.449. The maximum atomic E-state index is 12.3. The van der Waals surface area contributed by atoms with Crippen molar-refractivity contribution in [3.63, 3.8) is 0 Å². The summed E-state index contributed by atoms with van der Waals surface area (Å²) in [6, 6.07) is 9.38. The second-order valence-corrected chi connectivity index (χ2v) is 6.39. The van der Waals surface area contributed by atoms with Gasteiger partial charge in [-0.3, -0.25) is 4.79 Å². The lowest BCUT2D eigenvalue weighted by molar-refractivity contribution is 0.102. The third-order valence-electron chi connectivity index (χ3n) is 4.35. The molecule has 25 heavy (non-hydrogen) atoms. The molecule has 130 valence electrons. The predicted octanol–water partition coefficient (Wildman–Crippen LogP) is 4.34. The fraction of sp³-hybridized carbons (Fsp3) is 0.350. The van der Waals surface area contributed by atoms with Gasteiger partial charge in [0.2, 0.25) is 0 Å². The van der Waals surface area contributed by atoms with Crippen LogP contribution in [0.5, 0.6) is 0 Å². The highest BCUT2D eigenvalue weighted by atomic mass is 16.1. The van der Waals surface area contributed by atoms with Crippen LogP contribution in [0.15, 0.2) is 48.3 Å². The quantitative estimate of drug-likeness (QED) is 0.770. The van der Waals surface area contributed by atoms with Crippen molar-refractivity contribution in [3.05, 3.63) is 59.6 Å². The van der Waals surface area contributed by atoms with E-state index in [2.05, 4.69) is 26.7 Å². The number of benzene rings is 1. The van der Waals surface area contributed by atoms with E-state index in [1.54, 1.807) is 6.07 Å². The van der Waals surface area contributed by atoms with Crippen LogP contribution >= 0.6 is 0 Å². The van der Waals surface area contributed by atoms with Crippen LogP contribution in [0.25, 0.3) is 0 Å². The summed E-state index contributed by atoms with van der Waals surface area (Å²) in [5.41, 5.74) is 3.78. The van der Waals surface area contributed by atoms with Crippen molar-refractivity contribution in [2.24, 2.45) is 0 Å². The van der Waals surface area contributed by atoms with Crippen LogP contribution in [-0.4, -0.2) is 22.4 Å². The molecule has 1 aliphatic rings. The summed E-state index contributed by atoms with van der Waals surface area (Å²) >= 11 is 0. The summed E-state index contributed by atoms with van der Waals surface area (Å²) in [6.45, 7) is 2.83. The Balaban J connectivity index is 1.55. The third kappa shape index (κ3) is 5.14. The highest BCUT2D eigenvalue weighted by molar-refractivity contribution is 6.03. The molecule has 1 amide bonds. The van der Waals surface area contributed by atoms with Crippen LogP contribution in [0, 0.1) is 6.92 Å². The molecule has 2 aromatic rings. The fourth-order valence-electron chi connectivity index (χ4n) is 2.89. The number of hydrogen-bond donors (Lipinski definition) is 2. The van der Waals surface area contributed by atoms with Gasteiger partial charge in [0, 0.05) is 18.3 Å². The fourth-order valence-corrected chi connectivity index (χ4v) is 2.89. The zero-order chi connectivity index (χ0) is 17.5. The van der Waals surface area contributed by atoms with Crippen LogP contribution in [0.1, 0.15) is 48.2 Å². The summed E-state index contributed by atoms with van der Waals surface area (Å²) in [4.78, 5) is 20.6. The summed E-state index contributed by atoms with van der Waals surface area (Å²) in [5, 5.41) is 6.14. The average molecular weight is 336 g/mol. The molecule has 1 heterocycles. The number of aromatic nitrogens is 2. The van der Waals surface area contributed by atoms with Gasteiger partial charge >= 0.3 is 0 Å². The highest BCUT2D eigenvalue weighted by Crippen LogP contribution is 2.20. The predicted molar refractivity (Wildman–Crippen MR) is 101 cm³/mol. The van der Waals surface area contributed by atoms with E-state index in [-0.39, 0.29) is 5.91 Å². The van der Waals surface area contributed by atoms with Crippen LogP contribution in [0.2, 0.25) is 0 Å². The van der Waals surface area contributed by atoms with E-state index in [0.717, 1.165) is 24.2 Å². The number of anilines is 2. The Kier molecular flexibility index (Phi) is 5.77. The Bertz CT molecular complexity index is 753.